The van der Waals surface area contributed by atoms with E-state index in [9.17, 15) is 4.39 Å². The molecule has 0 spiro atoms. The van der Waals surface area contributed by atoms with Gasteiger partial charge in [-0.05, 0) is 37.3 Å². The normalized spacial score (nSPS) is 11.4. The van der Waals surface area contributed by atoms with Crippen LogP contribution in [0.25, 0.3) is 0 Å². The van der Waals surface area contributed by atoms with Gasteiger partial charge in [-0.2, -0.15) is 0 Å². The molecule has 0 aliphatic rings. The zero-order valence-electron chi connectivity index (χ0n) is 11.8. The second-order valence-electron chi connectivity index (χ2n) is 5.67. The second kappa shape index (κ2) is 6.62. The van der Waals surface area contributed by atoms with Gasteiger partial charge in [-0.1, -0.05) is 20.8 Å². The van der Waals surface area contributed by atoms with Crippen molar-refractivity contribution in [2.75, 3.05) is 18.5 Å². The van der Waals surface area contributed by atoms with Crippen LogP contribution in [-0.2, 0) is 0 Å². The number of anilines is 1. The summed E-state index contributed by atoms with van der Waals surface area (Å²) < 4.78 is 18.7. The Labute approximate surface area is 110 Å². The topological polar surface area (TPSA) is 21.3 Å². The van der Waals surface area contributed by atoms with Gasteiger partial charge in [0.2, 0.25) is 0 Å². The summed E-state index contributed by atoms with van der Waals surface area (Å²) in [6, 6.07) is 5.01. The van der Waals surface area contributed by atoms with E-state index in [-0.39, 0.29) is 5.82 Å². The van der Waals surface area contributed by atoms with Crippen molar-refractivity contribution >= 4 is 5.69 Å². The molecule has 1 aromatic carbocycles. The van der Waals surface area contributed by atoms with E-state index in [0.29, 0.717) is 17.8 Å². The summed E-state index contributed by atoms with van der Waals surface area (Å²) in [6.45, 7) is 9.87. The molecule has 18 heavy (non-hydrogen) atoms. The molecule has 0 atom stereocenters. The van der Waals surface area contributed by atoms with Gasteiger partial charge in [-0.3, -0.25) is 0 Å². The van der Waals surface area contributed by atoms with Gasteiger partial charge in [0.05, 0.1) is 6.61 Å². The Hall–Kier alpha value is -1.25. The lowest BCUT2D eigenvalue weighted by atomic mass is 9.91. The van der Waals surface area contributed by atoms with E-state index in [1.807, 2.05) is 13.0 Å². The lowest BCUT2D eigenvalue weighted by Gasteiger charge is -2.18. The van der Waals surface area contributed by atoms with E-state index in [0.717, 1.165) is 25.1 Å². The largest absolute Gasteiger partial charge is 0.491 e. The minimum absolute atomic E-state index is 0.308. The molecule has 0 bridgehead atoms. The van der Waals surface area contributed by atoms with Gasteiger partial charge in [-0.25, -0.2) is 4.39 Å². The fraction of sp³-hybridized carbons (Fsp3) is 0.600. The molecule has 0 aromatic heterocycles. The minimum Gasteiger partial charge on any atom is -0.491 e. The average molecular weight is 253 g/mol. The van der Waals surface area contributed by atoms with Crippen LogP contribution in [0, 0.1) is 11.2 Å². The van der Waals surface area contributed by atoms with Crippen molar-refractivity contribution in [1.29, 1.82) is 0 Å². The lowest BCUT2D eigenvalue weighted by molar-refractivity contribution is 0.321. The summed E-state index contributed by atoms with van der Waals surface area (Å²) in [5, 5.41) is 3.23. The van der Waals surface area contributed by atoms with Gasteiger partial charge in [0.15, 0.2) is 11.6 Å². The predicted octanol–water partition coefficient (Wildman–Crippen LogP) is 4.46. The maximum atomic E-state index is 13.6. The minimum atomic E-state index is -0.308. The zero-order chi connectivity index (χ0) is 13.6. The molecule has 1 rings (SSSR count). The molecule has 0 heterocycles. The number of ether oxygens (including phenoxy) is 1. The Balaban J connectivity index is 2.41. The Kier molecular flexibility index (Phi) is 5.45. The van der Waals surface area contributed by atoms with Crippen LogP contribution in [0.3, 0.4) is 0 Å². The van der Waals surface area contributed by atoms with Crippen LogP contribution in [0.15, 0.2) is 18.2 Å². The fourth-order valence-corrected chi connectivity index (χ4v) is 1.73. The summed E-state index contributed by atoms with van der Waals surface area (Å²) in [5.74, 6) is 0.00964. The van der Waals surface area contributed by atoms with Gasteiger partial charge in [0.25, 0.3) is 0 Å². The first-order chi connectivity index (χ1) is 8.42. The molecule has 0 unspecified atom stereocenters. The van der Waals surface area contributed by atoms with Crippen molar-refractivity contribution in [3.8, 4) is 5.75 Å². The zero-order valence-corrected chi connectivity index (χ0v) is 11.8. The molecule has 102 valence electrons. The summed E-state index contributed by atoms with van der Waals surface area (Å²) in [4.78, 5) is 0. The molecular weight excluding hydrogens is 229 g/mol. The predicted molar refractivity (Wildman–Crippen MR) is 74.7 cm³/mol. The Morgan fingerprint density at radius 1 is 1.28 bits per heavy atom. The molecule has 3 heteroatoms. The lowest BCUT2D eigenvalue weighted by Crippen LogP contribution is -2.09. The summed E-state index contributed by atoms with van der Waals surface area (Å²) in [5.41, 5.74) is 1.16. The number of halogens is 1. The SMILES string of the molecule is CCOc1ccc(NCCCC(C)(C)C)cc1F. The molecule has 1 N–H and O–H groups in total. The fourth-order valence-electron chi connectivity index (χ4n) is 1.73. The highest BCUT2D eigenvalue weighted by Crippen LogP contribution is 2.22. The standard InChI is InChI=1S/C15H24FNO/c1-5-18-14-8-7-12(11-13(14)16)17-10-6-9-15(2,3)4/h7-8,11,17H,5-6,9-10H2,1-4H3. The third-order valence-corrected chi connectivity index (χ3v) is 2.66. The highest BCUT2D eigenvalue weighted by molar-refractivity contribution is 5.47. The molecule has 0 fully saturated rings. The van der Waals surface area contributed by atoms with Gasteiger partial charge in [-0.15, -0.1) is 0 Å². The molecule has 2 nitrogen and oxygen atoms in total. The third-order valence-electron chi connectivity index (χ3n) is 2.66. The summed E-state index contributed by atoms with van der Waals surface area (Å²) in [7, 11) is 0. The van der Waals surface area contributed by atoms with E-state index in [1.54, 1.807) is 6.07 Å². The molecule has 0 aliphatic heterocycles. The van der Waals surface area contributed by atoms with Gasteiger partial charge in [0, 0.05) is 18.3 Å². The maximum absolute atomic E-state index is 13.6. The van der Waals surface area contributed by atoms with Crippen LogP contribution in [0.5, 0.6) is 5.75 Å². The van der Waals surface area contributed by atoms with E-state index in [1.165, 1.54) is 6.07 Å². The molecule has 1 aromatic rings. The van der Waals surface area contributed by atoms with E-state index in [4.69, 9.17) is 4.74 Å². The van der Waals surface area contributed by atoms with E-state index < -0.39 is 0 Å². The van der Waals surface area contributed by atoms with Crippen molar-refractivity contribution in [2.24, 2.45) is 5.41 Å². The quantitative estimate of drug-likeness (QED) is 0.756. The number of nitrogens with one attached hydrogen (secondary N) is 1. The molecule has 0 aliphatic carbocycles. The van der Waals surface area contributed by atoms with Gasteiger partial charge in [0.1, 0.15) is 0 Å². The van der Waals surface area contributed by atoms with Crippen LogP contribution in [0.1, 0.15) is 40.5 Å². The van der Waals surface area contributed by atoms with Crippen molar-refractivity contribution in [2.45, 2.75) is 40.5 Å². The van der Waals surface area contributed by atoms with Crippen molar-refractivity contribution in [3.05, 3.63) is 24.0 Å². The average Bonchev–Trinajstić information content (AvgIpc) is 2.27. The van der Waals surface area contributed by atoms with Crippen molar-refractivity contribution in [1.82, 2.24) is 0 Å². The molecule has 0 saturated heterocycles. The number of benzene rings is 1. The highest BCUT2D eigenvalue weighted by Gasteiger charge is 2.09. The van der Waals surface area contributed by atoms with Gasteiger partial charge < -0.3 is 10.1 Å². The molecule has 0 saturated carbocycles. The number of rotatable bonds is 6. The van der Waals surface area contributed by atoms with Crippen LogP contribution >= 0.6 is 0 Å². The Bertz CT molecular complexity index is 371. The van der Waals surface area contributed by atoms with Crippen LogP contribution in [0.2, 0.25) is 0 Å². The smallest absolute Gasteiger partial charge is 0.167 e. The van der Waals surface area contributed by atoms with Crippen LogP contribution in [-0.4, -0.2) is 13.2 Å². The number of hydrogen-bond donors (Lipinski definition) is 1. The Morgan fingerprint density at radius 2 is 2.00 bits per heavy atom. The summed E-state index contributed by atoms with van der Waals surface area (Å²) in [6.07, 6.45) is 2.23. The van der Waals surface area contributed by atoms with Gasteiger partial charge >= 0.3 is 0 Å². The van der Waals surface area contributed by atoms with Crippen molar-refractivity contribution < 1.29 is 9.13 Å². The second-order valence-corrected chi connectivity index (χ2v) is 5.67. The van der Waals surface area contributed by atoms with Crippen LogP contribution < -0.4 is 10.1 Å². The van der Waals surface area contributed by atoms with Crippen LogP contribution in [0.4, 0.5) is 10.1 Å². The molecule has 0 radical (unpaired) electrons. The van der Waals surface area contributed by atoms with Crippen molar-refractivity contribution in [3.63, 3.8) is 0 Å². The van der Waals surface area contributed by atoms with E-state index in [2.05, 4.69) is 26.1 Å². The summed E-state index contributed by atoms with van der Waals surface area (Å²) >= 11 is 0. The maximum Gasteiger partial charge on any atom is 0.167 e. The Morgan fingerprint density at radius 3 is 2.56 bits per heavy atom. The molecular formula is C15H24FNO. The van der Waals surface area contributed by atoms with E-state index >= 15 is 0 Å². The number of hydrogen-bond acceptors (Lipinski definition) is 2. The first-order valence-corrected chi connectivity index (χ1v) is 6.58. The molecule has 0 amide bonds. The highest BCUT2D eigenvalue weighted by atomic mass is 19.1. The third kappa shape index (κ3) is 5.39. The first-order valence-electron chi connectivity index (χ1n) is 6.58. The monoisotopic (exact) mass is 253 g/mol. The first kappa shape index (κ1) is 14.8.